The van der Waals surface area contributed by atoms with Crippen LogP contribution in [0.25, 0.3) is 0 Å². The number of nitrogens with one attached hydrogen (secondary N) is 1. The third-order valence-electron chi connectivity index (χ3n) is 5.86. The van der Waals surface area contributed by atoms with Gasteiger partial charge in [0.05, 0.1) is 0 Å². The van der Waals surface area contributed by atoms with Crippen LogP contribution in [0.1, 0.15) is 16.7 Å². The van der Waals surface area contributed by atoms with Gasteiger partial charge < -0.3 is 10.2 Å². The van der Waals surface area contributed by atoms with Gasteiger partial charge in [-0.25, -0.2) is 0 Å². The van der Waals surface area contributed by atoms with E-state index in [9.17, 15) is 0 Å². The normalized spacial score (nSPS) is 18.9. The van der Waals surface area contributed by atoms with Gasteiger partial charge in [-0.1, -0.05) is 78.4 Å². The number of rotatable bonds is 7. The summed E-state index contributed by atoms with van der Waals surface area (Å²) in [7, 11) is 0. The fourth-order valence-electron chi connectivity index (χ4n) is 4.43. The van der Waals surface area contributed by atoms with Crippen LogP contribution in [0.5, 0.6) is 0 Å². The Hall–Kier alpha value is -2.58. The lowest BCUT2D eigenvalue weighted by atomic mass is 9.92. The summed E-state index contributed by atoms with van der Waals surface area (Å²) in [6, 6.07) is 31.3. The molecule has 144 valence electrons. The molecule has 2 nitrogen and oxygen atoms in total. The van der Waals surface area contributed by atoms with Gasteiger partial charge in [-0.15, -0.1) is 0 Å². The maximum Gasteiger partial charge on any atom is 0.0458 e. The molecule has 2 heteroatoms. The summed E-state index contributed by atoms with van der Waals surface area (Å²) in [6.45, 7) is 5.38. The first-order chi connectivity index (χ1) is 13.8. The molecule has 1 aliphatic heterocycles. The standard InChI is InChI=1S/C26H30N2/c1-21-9-8-12-23(17-21)18-24-19-27-20-26(24)28(25-13-6-3-7-14-25)16-15-22-10-4-2-5-11-22/h2-14,17,24,26-27H,15-16,18-20H2,1H3/t24-,26-/m0/s1. The summed E-state index contributed by atoms with van der Waals surface area (Å²) < 4.78 is 0. The minimum atomic E-state index is 0.520. The Morgan fingerprint density at radius 3 is 2.29 bits per heavy atom. The van der Waals surface area contributed by atoms with Gasteiger partial charge in [0, 0.05) is 31.4 Å². The maximum atomic E-state index is 3.66. The molecule has 0 saturated carbocycles. The molecule has 4 rings (SSSR count). The smallest absolute Gasteiger partial charge is 0.0458 e. The lowest BCUT2D eigenvalue weighted by molar-refractivity contribution is 0.475. The van der Waals surface area contributed by atoms with Crippen LogP contribution in [0.3, 0.4) is 0 Å². The van der Waals surface area contributed by atoms with Crippen LogP contribution in [0.4, 0.5) is 5.69 Å². The first kappa shape index (κ1) is 18.8. The fraction of sp³-hybridized carbons (Fsp3) is 0.308. The van der Waals surface area contributed by atoms with Crippen LogP contribution in [-0.4, -0.2) is 25.7 Å². The summed E-state index contributed by atoms with van der Waals surface area (Å²) >= 11 is 0. The topological polar surface area (TPSA) is 15.3 Å². The summed E-state index contributed by atoms with van der Waals surface area (Å²) in [5, 5.41) is 3.66. The van der Waals surface area contributed by atoms with Gasteiger partial charge in [0.15, 0.2) is 0 Å². The molecule has 0 amide bonds. The minimum Gasteiger partial charge on any atom is -0.367 e. The average Bonchev–Trinajstić information content (AvgIpc) is 3.18. The first-order valence-electron chi connectivity index (χ1n) is 10.4. The molecule has 1 saturated heterocycles. The highest BCUT2D eigenvalue weighted by molar-refractivity contribution is 5.48. The second-order valence-corrected chi connectivity index (χ2v) is 7.94. The molecule has 3 aromatic rings. The van der Waals surface area contributed by atoms with Crippen molar-refractivity contribution in [3.8, 4) is 0 Å². The predicted octanol–water partition coefficient (Wildman–Crippen LogP) is 4.87. The van der Waals surface area contributed by atoms with Gasteiger partial charge in [0.1, 0.15) is 0 Å². The summed E-state index contributed by atoms with van der Waals surface area (Å²) in [4.78, 5) is 2.63. The van der Waals surface area contributed by atoms with Crippen molar-refractivity contribution in [1.29, 1.82) is 0 Å². The Bertz CT molecular complexity index is 860. The Morgan fingerprint density at radius 1 is 0.821 bits per heavy atom. The monoisotopic (exact) mass is 370 g/mol. The SMILES string of the molecule is Cc1cccc(C[C@H]2CNC[C@@H]2N(CCc2ccccc2)c2ccccc2)c1. The molecule has 1 fully saturated rings. The van der Waals surface area contributed by atoms with E-state index in [0.717, 1.165) is 32.5 Å². The maximum absolute atomic E-state index is 3.66. The van der Waals surface area contributed by atoms with Gasteiger partial charge in [0.2, 0.25) is 0 Å². The Morgan fingerprint density at radius 2 is 1.54 bits per heavy atom. The van der Waals surface area contributed by atoms with Crippen molar-refractivity contribution in [1.82, 2.24) is 5.32 Å². The van der Waals surface area contributed by atoms with Gasteiger partial charge in [-0.2, -0.15) is 0 Å². The molecular weight excluding hydrogens is 340 g/mol. The van der Waals surface area contributed by atoms with Crippen molar-refractivity contribution in [3.05, 3.63) is 102 Å². The molecule has 2 atom stereocenters. The van der Waals surface area contributed by atoms with E-state index in [1.807, 2.05) is 0 Å². The number of anilines is 1. The van der Waals surface area contributed by atoms with E-state index in [-0.39, 0.29) is 0 Å². The van der Waals surface area contributed by atoms with Gasteiger partial charge >= 0.3 is 0 Å². The molecule has 0 aromatic heterocycles. The lowest BCUT2D eigenvalue weighted by Crippen LogP contribution is -2.43. The van der Waals surface area contributed by atoms with E-state index in [1.165, 1.54) is 22.4 Å². The second-order valence-electron chi connectivity index (χ2n) is 7.94. The zero-order valence-electron chi connectivity index (χ0n) is 16.7. The highest BCUT2D eigenvalue weighted by atomic mass is 15.2. The number of aryl methyl sites for hydroxylation is 1. The van der Waals surface area contributed by atoms with Gasteiger partial charge in [-0.05, 0) is 48.9 Å². The molecule has 28 heavy (non-hydrogen) atoms. The molecule has 1 heterocycles. The molecule has 1 aliphatic rings. The Labute approximate surface area is 169 Å². The van der Waals surface area contributed by atoms with Crippen LogP contribution in [0, 0.1) is 12.8 Å². The third kappa shape index (κ3) is 4.63. The van der Waals surface area contributed by atoms with E-state index < -0.39 is 0 Å². The fourth-order valence-corrected chi connectivity index (χ4v) is 4.43. The molecule has 0 aliphatic carbocycles. The average molecular weight is 371 g/mol. The van der Waals surface area contributed by atoms with E-state index in [2.05, 4.69) is 102 Å². The second kappa shape index (κ2) is 9.07. The number of benzene rings is 3. The zero-order chi connectivity index (χ0) is 19.2. The quantitative estimate of drug-likeness (QED) is 0.638. The number of hydrogen-bond acceptors (Lipinski definition) is 2. The van der Waals surface area contributed by atoms with Crippen LogP contribution in [-0.2, 0) is 12.8 Å². The van der Waals surface area contributed by atoms with Crippen molar-refractivity contribution in [2.45, 2.75) is 25.8 Å². The zero-order valence-corrected chi connectivity index (χ0v) is 16.7. The lowest BCUT2D eigenvalue weighted by Gasteiger charge is -2.35. The molecule has 0 radical (unpaired) electrons. The van der Waals surface area contributed by atoms with Crippen molar-refractivity contribution in [3.63, 3.8) is 0 Å². The Kier molecular flexibility index (Phi) is 6.08. The molecule has 0 spiro atoms. The minimum absolute atomic E-state index is 0.520. The van der Waals surface area contributed by atoms with Gasteiger partial charge in [0.25, 0.3) is 0 Å². The van der Waals surface area contributed by atoms with Crippen molar-refractivity contribution < 1.29 is 0 Å². The third-order valence-corrected chi connectivity index (χ3v) is 5.86. The van der Waals surface area contributed by atoms with Crippen molar-refractivity contribution in [2.75, 3.05) is 24.5 Å². The summed E-state index contributed by atoms with van der Waals surface area (Å²) in [5.41, 5.74) is 5.55. The van der Waals surface area contributed by atoms with E-state index in [4.69, 9.17) is 0 Å². The van der Waals surface area contributed by atoms with E-state index >= 15 is 0 Å². The van der Waals surface area contributed by atoms with Gasteiger partial charge in [-0.3, -0.25) is 0 Å². The summed E-state index contributed by atoms with van der Waals surface area (Å²) in [6.07, 6.45) is 2.21. The van der Waals surface area contributed by atoms with Crippen molar-refractivity contribution in [2.24, 2.45) is 5.92 Å². The van der Waals surface area contributed by atoms with Crippen LogP contribution in [0.15, 0.2) is 84.9 Å². The van der Waals surface area contributed by atoms with E-state index in [1.54, 1.807) is 0 Å². The first-order valence-corrected chi connectivity index (χ1v) is 10.4. The predicted molar refractivity (Wildman–Crippen MR) is 119 cm³/mol. The molecule has 3 aromatic carbocycles. The van der Waals surface area contributed by atoms with Crippen LogP contribution >= 0.6 is 0 Å². The number of hydrogen-bond donors (Lipinski definition) is 1. The van der Waals surface area contributed by atoms with Crippen LogP contribution in [0.2, 0.25) is 0 Å². The van der Waals surface area contributed by atoms with Crippen molar-refractivity contribution >= 4 is 5.69 Å². The highest BCUT2D eigenvalue weighted by Gasteiger charge is 2.32. The molecular formula is C26H30N2. The largest absolute Gasteiger partial charge is 0.367 e. The molecule has 0 unspecified atom stereocenters. The highest BCUT2D eigenvalue weighted by Crippen LogP contribution is 2.26. The molecule has 1 N–H and O–H groups in total. The van der Waals surface area contributed by atoms with Crippen LogP contribution < -0.4 is 10.2 Å². The Balaban J connectivity index is 1.54. The molecule has 0 bridgehead atoms. The van der Waals surface area contributed by atoms with E-state index in [0.29, 0.717) is 12.0 Å². The number of nitrogens with zero attached hydrogens (tertiary/aromatic N) is 1. The summed E-state index contributed by atoms with van der Waals surface area (Å²) in [5.74, 6) is 0.623. The number of para-hydroxylation sites is 1.